The quantitative estimate of drug-likeness (QED) is 0.843. The minimum Gasteiger partial charge on any atom is -0.486 e. The number of sulfonamides is 1. The molecule has 6 nitrogen and oxygen atoms in total. The van der Waals surface area contributed by atoms with E-state index >= 15 is 0 Å². The Morgan fingerprint density at radius 1 is 1.29 bits per heavy atom. The summed E-state index contributed by atoms with van der Waals surface area (Å²) in [4.78, 5) is -0.00693. The fraction of sp³-hybridized carbons (Fsp3) is 0.538. The molecule has 1 aliphatic heterocycles. The molecule has 0 aromatic heterocycles. The standard InChI is InChI=1S/C13H17ClN2O4S/c14-9-5-11-12(20-4-3-19-11)6-13(9)21(17,18)16-10(7-15)8-1-2-8/h5-6,8,10,16H,1-4,7,15H2. The molecule has 116 valence electrons. The van der Waals surface area contributed by atoms with E-state index in [0.29, 0.717) is 30.6 Å². The van der Waals surface area contributed by atoms with Gasteiger partial charge in [-0.2, -0.15) is 0 Å². The van der Waals surface area contributed by atoms with Crippen LogP contribution in [0.4, 0.5) is 0 Å². The number of nitrogens with two attached hydrogens (primary N) is 1. The number of fused-ring (bicyclic) bond motifs is 1. The average molecular weight is 333 g/mol. The zero-order valence-corrected chi connectivity index (χ0v) is 12.9. The van der Waals surface area contributed by atoms with E-state index in [1.807, 2.05) is 0 Å². The molecule has 1 heterocycles. The highest BCUT2D eigenvalue weighted by Crippen LogP contribution is 2.38. The summed E-state index contributed by atoms with van der Waals surface area (Å²) in [6, 6.07) is 2.62. The number of halogens is 1. The van der Waals surface area contributed by atoms with Gasteiger partial charge in [0.2, 0.25) is 10.0 Å². The summed E-state index contributed by atoms with van der Waals surface area (Å²) in [6.07, 6.45) is 2.00. The minimum atomic E-state index is -3.74. The molecule has 21 heavy (non-hydrogen) atoms. The molecule has 1 fully saturated rings. The van der Waals surface area contributed by atoms with Crippen LogP contribution >= 0.6 is 11.6 Å². The Bertz CT molecular complexity index is 646. The minimum absolute atomic E-state index is 0.00693. The van der Waals surface area contributed by atoms with E-state index in [-0.39, 0.29) is 22.5 Å². The van der Waals surface area contributed by atoms with E-state index in [4.69, 9.17) is 26.8 Å². The van der Waals surface area contributed by atoms with Crippen LogP contribution in [0.1, 0.15) is 12.8 Å². The Labute approximate surface area is 128 Å². The lowest BCUT2D eigenvalue weighted by Crippen LogP contribution is -2.41. The Hall–Kier alpha value is -1.02. The van der Waals surface area contributed by atoms with E-state index in [0.717, 1.165) is 12.8 Å². The van der Waals surface area contributed by atoms with E-state index in [9.17, 15) is 8.42 Å². The summed E-state index contributed by atoms with van der Waals surface area (Å²) < 4.78 is 38.4. The molecule has 1 aliphatic carbocycles. The fourth-order valence-corrected chi connectivity index (χ4v) is 4.20. The molecule has 8 heteroatoms. The van der Waals surface area contributed by atoms with Crippen molar-refractivity contribution in [2.45, 2.75) is 23.8 Å². The van der Waals surface area contributed by atoms with Gasteiger partial charge in [0.15, 0.2) is 11.5 Å². The smallest absolute Gasteiger partial charge is 0.242 e. The van der Waals surface area contributed by atoms with Crippen molar-refractivity contribution in [2.75, 3.05) is 19.8 Å². The second-order valence-electron chi connectivity index (χ2n) is 5.23. The molecule has 1 saturated carbocycles. The molecule has 1 unspecified atom stereocenters. The normalized spacial score (nSPS) is 19.3. The number of hydrogen-bond donors (Lipinski definition) is 2. The third-order valence-electron chi connectivity index (χ3n) is 3.64. The lowest BCUT2D eigenvalue weighted by Gasteiger charge is -2.21. The Balaban J connectivity index is 1.90. The van der Waals surface area contributed by atoms with Crippen molar-refractivity contribution in [2.24, 2.45) is 11.7 Å². The van der Waals surface area contributed by atoms with E-state index < -0.39 is 10.0 Å². The van der Waals surface area contributed by atoms with Crippen LogP contribution in [0.25, 0.3) is 0 Å². The Morgan fingerprint density at radius 3 is 2.48 bits per heavy atom. The summed E-state index contributed by atoms with van der Waals surface area (Å²) in [7, 11) is -3.74. The first kappa shape index (κ1) is 14.9. The highest BCUT2D eigenvalue weighted by Gasteiger charge is 2.34. The number of hydrogen-bond acceptors (Lipinski definition) is 5. The van der Waals surface area contributed by atoms with Gasteiger partial charge in [-0.05, 0) is 18.8 Å². The highest BCUT2D eigenvalue weighted by molar-refractivity contribution is 7.89. The molecule has 0 radical (unpaired) electrons. The van der Waals surface area contributed by atoms with Gasteiger partial charge in [-0.1, -0.05) is 11.6 Å². The summed E-state index contributed by atoms with van der Waals surface area (Å²) in [5, 5.41) is 0.110. The van der Waals surface area contributed by atoms with Crippen molar-refractivity contribution in [1.82, 2.24) is 4.72 Å². The number of nitrogens with one attached hydrogen (secondary N) is 1. The summed E-state index contributed by atoms with van der Waals surface area (Å²) in [6.45, 7) is 1.08. The molecule has 2 aliphatic rings. The van der Waals surface area contributed by atoms with Crippen molar-refractivity contribution >= 4 is 21.6 Å². The molecule has 1 aromatic carbocycles. The number of rotatable bonds is 5. The van der Waals surface area contributed by atoms with Crippen LogP contribution in [0.15, 0.2) is 17.0 Å². The van der Waals surface area contributed by atoms with Gasteiger partial charge in [-0.3, -0.25) is 0 Å². The van der Waals surface area contributed by atoms with Crippen molar-refractivity contribution in [3.05, 3.63) is 17.2 Å². The van der Waals surface area contributed by atoms with Crippen molar-refractivity contribution in [3.63, 3.8) is 0 Å². The van der Waals surface area contributed by atoms with E-state index in [2.05, 4.69) is 4.72 Å². The molecule has 0 amide bonds. The second-order valence-corrected chi connectivity index (χ2v) is 7.32. The topological polar surface area (TPSA) is 90.7 Å². The van der Waals surface area contributed by atoms with Crippen molar-refractivity contribution < 1.29 is 17.9 Å². The summed E-state index contributed by atoms with van der Waals surface area (Å²) >= 11 is 6.08. The maximum absolute atomic E-state index is 12.5. The third kappa shape index (κ3) is 3.11. The molecule has 0 saturated heterocycles. The van der Waals surface area contributed by atoms with Gasteiger partial charge in [0.1, 0.15) is 18.1 Å². The van der Waals surface area contributed by atoms with Crippen LogP contribution in [-0.2, 0) is 10.0 Å². The first-order valence-electron chi connectivity index (χ1n) is 6.83. The second kappa shape index (κ2) is 5.64. The van der Waals surface area contributed by atoms with Crippen molar-refractivity contribution in [1.29, 1.82) is 0 Å². The van der Waals surface area contributed by atoms with Crippen LogP contribution in [-0.4, -0.2) is 34.2 Å². The number of ether oxygens (including phenoxy) is 2. The average Bonchev–Trinajstić information content (AvgIpc) is 3.28. The van der Waals surface area contributed by atoms with Gasteiger partial charge in [-0.25, -0.2) is 13.1 Å². The largest absolute Gasteiger partial charge is 0.486 e. The zero-order chi connectivity index (χ0) is 15.0. The van der Waals surface area contributed by atoms with Crippen LogP contribution in [0, 0.1) is 5.92 Å². The summed E-state index contributed by atoms with van der Waals surface area (Å²) in [5.41, 5.74) is 5.64. The van der Waals surface area contributed by atoms with E-state index in [1.54, 1.807) is 0 Å². The van der Waals surface area contributed by atoms with Crippen molar-refractivity contribution in [3.8, 4) is 11.5 Å². The highest BCUT2D eigenvalue weighted by atomic mass is 35.5. The van der Waals surface area contributed by atoms with Crippen LogP contribution in [0.2, 0.25) is 5.02 Å². The molecule has 0 spiro atoms. The molecule has 0 bridgehead atoms. The molecule has 3 rings (SSSR count). The van der Waals surface area contributed by atoms with Crippen LogP contribution in [0.5, 0.6) is 11.5 Å². The van der Waals surface area contributed by atoms with Crippen LogP contribution < -0.4 is 19.9 Å². The van der Waals surface area contributed by atoms with Gasteiger partial charge in [0.05, 0.1) is 5.02 Å². The maximum atomic E-state index is 12.5. The van der Waals surface area contributed by atoms with Gasteiger partial charge < -0.3 is 15.2 Å². The van der Waals surface area contributed by atoms with Crippen LogP contribution in [0.3, 0.4) is 0 Å². The molecule has 1 atom stereocenters. The molecular formula is C13H17ClN2O4S. The van der Waals surface area contributed by atoms with Gasteiger partial charge in [-0.15, -0.1) is 0 Å². The predicted octanol–water partition coefficient (Wildman–Crippen LogP) is 1.13. The lowest BCUT2D eigenvalue weighted by molar-refractivity contribution is 0.171. The Morgan fingerprint density at radius 2 is 1.90 bits per heavy atom. The first-order chi connectivity index (χ1) is 10.0. The predicted molar refractivity (Wildman–Crippen MR) is 78.3 cm³/mol. The third-order valence-corrected chi connectivity index (χ3v) is 5.59. The van der Waals surface area contributed by atoms with E-state index in [1.165, 1.54) is 12.1 Å². The lowest BCUT2D eigenvalue weighted by atomic mass is 10.2. The first-order valence-corrected chi connectivity index (χ1v) is 8.69. The van der Waals surface area contributed by atoms with Gasteiger partial charge in [0.25, 0.3) is 0 Å². The van der Waals surface area contributed by atoms with Gasteiger partial charge in [0, 0.05) is 24.7 Å². The molecular weight excluding hydrogens is 316 g/mol. The molecule has 3 N–H and O–H groups in total. The molecule has 1 aromatic rings. The zero-order valence-electron chi connectivity index (χ0n) is 11.3. The SMILES string of the molecule is NCC(NS(=O)(=O)c1cc2c(cc1Cl)OCCO2)C1CC1. The van der Waals surface area contributed by atoms with Gasteiger partial charge >= 0.3 is 0 Å². The Kier molecular flexibility index (Phi) is 4.00. The monoisotopic (exact) mass is 332 g/mol. The fourth-order valence-electron chi connectivity index (χ4n) is 2.35. The number of benzene rings is 1. The summed E-state index contributed by atoms with van der Waals surface area (Å²) in [5.74, 6) is 1.17. The maximum Gasteiger partial charge on any atom is 0.242 e.